The highest BCUT2D eigenvalue weighted by atomic mass is 79.9. The van der Waals surface area contributed by atoms with Gasteiger partial charge in [-0.2, -0.15) is 4.98 Å². The van der Waals surface area contributed by atoms with E-state index in [-0.39, 0.29) is 0 Å². The lowest BCUT2D eigenvalue weighted by Crippen LogP contribution is -2.22. The summed E-state index contributed by atoms with van der Waals surface area (Å²) in [5.41, 5.74) is 0.782. The van der Waals surface area contributed by atoms with Gasteiger partial charge in [0.25, 0.3) is 0 Å². The van der Waals surface area contributed by atoms with Crippen LogP contribution in [0.15, 0.2) is 34.1 Å². The van der Waals surface area contributed by atoms with E-state index in [0.717, 1.165) is 16.6 Å². The fourth-order valence-corrected chi connectivity index (χ4v) is 4.33. The van der Waals surface area contributed by atoms with Gasteiger partial charge in [0.05, 0.1) is 19.3 Å². The largest absolute Gasteiger partial charge is 0.496 e. The van der Waals surface area contributed by atoms with Crippen LogP contribution in [0.5, 0.6) is 5.75 Å². The molecule has 0 saturated heterocycles. The van der Waals surface area contributed by atoms with E-state index >= 15 is 0 Å². The number of rotatable bonds is 6. The number of H-pyrrole nitrogens is 1. The second-order valence-corrected chi connectivity index (χ2v) is 8.23. The molecule has 9 heteroatoms. The van der Waals surface area contributed by atoms with Crippen LogP contribution >= 0.6 is 51.1 Å². The first-order valence-corrected chi connectivity index (χ1v) is 9.84. The van der Waals surface area contributed by atoms with Crippen LogP contribution in [0, 0.1) is 4.77 Å². The van der Waals surface area contributed by atoms with Crippen molar-refractivity contribution in [2.24, 2.45) is 0 Å². The molecule has 25 heavy (non-hydrogen) atoms. The van der Waals surface area contributed by atoms with Gasteiger partial charge in [0.1, 0.15) is 5.75 Å². The molecule has 3 rings (SSSR count). The monoisotopic (exact) mass is 458 g/mol. The standard InChI is InChI=1S/C16H16BrClN4OS2/c1-21(7-12-5-10(17)8-25-12)9-22-16(24)19-15(20-22)13-6-11(18)3-4-14(13)23-2/h3-6,8H,7,9H2,1-2H3,(H,19,20,24). The van der Waals surface area contributed by atoms with Crippen molar-refractivity contribution in [3.05, 3.63) is 48.8 Å². The summed E-state index contributed by atoms with van der Waals surface area (Å²) in [7, 11) is 3.65. The zero-order chi connectivity index (χ0) is 18.0. The molecule has 5 nitrogen and oxygen atoms in total. The molecular weight excluding hydrogens is 444 g/mol. The maximum Gasteiger partial charge on any atom is 0.217 e. The minimum atomic E-state index is 0.483. The maximum atomic E-state index is 6.11. The summed E-state index contributed by atoms with van der Waals surface area (Å²) in [5.74, 6) is 1.33. The Morgan fingerprint density at radius 3 is 2.92 bits per heavy atom. The highest BCUT2D eigenvalue weighted by molar-refractivity contribution is 9.10. The zero-order valence-corrected chi connectivity index (χ0v) is 17.6. The number of hydrogen-bond donors (Lipinski definition) is 1. The van der Waals surface area contributed by atoms with E-state index in [2.05, 4.69) is 42.4 Å². The average Bonchev–Trinajstić information content (AvgIpc) is 3.13. The third-order valence-corrected chi connectivity index (χ3v) is 5.76. The van der Waals surface area contributed by atoms with Crippen LogP contribution in [0.3, 0.4) is 0 Å². The Morgan fingerprint density at radius 2 is 2.24 bits per heavy atom. The number of nitrogens with one attached hydrogen (secondary N) is 1. The van der Waals surface area contributed by atoms with Crippen molar-refractivity contribution in [3.8, 4) is 17.1 Å². The predicted octanol–water partition coefficient (Wildman–Crippen LogP) is 5.18. The third kappa shape index (κ3) is 4.51. The van der Waals surface area contributed by atoms with E-state index in [0.29, 0.717) is 28.0 Å². The highest BCUT2D eigenvalue weighted by Gasteiger charge is 2.13. The Labute approximate surface area is 168 Å². The fourth-order valence-electron chi connectivity index (χ4n) is 2.43. The van der Waals surface area contributed by atoms with Crippen molar-refractivity contribution in [1.29, 1.82) is 0 Å². The molecule has 3 aromatic rings. The second kappa shape index (κ2) is 8.01. The molecule has 132 valence electrons. The van der Waals surface area contributed by atoms with Crippen LogP contribution in [0.25, 0.3) is 11.4 Å². The number of benzene rings is 1. The number of aromatic amines is 1. The fraction of sp³-hybridized carbons (Fsp3) is 0.250. The lowest BCUT2D eigenvalue weighted by molar-refractivity contribution is 0.246. The quantitative estimate of drug-likeness (QED) is 0.516. The molecule has 0 unspecified atom stereocenters. The van der Waals surface area contributed by atoms with Crippen molar-refractivity contribution >= 4 is 51.1 Å². The first-order chi connectivity index (χ1) is 12.0. The number of ether oxygens (including phenoxy) is 1. The average molecular weight is 460 g/mol. The van der Waals surface area contributed by atoms with E-state index in [9.17, 15) is 0 Å². The van der Waals surface area contributed by atoms with E-state index in [1.54, 1.807) is 24.5 Å². The number of aromatic nitrogens is 3. The van der Waals surface area contributed by atoms with Crippen molar-refractivity contribution in [3.63, 3.8) is 0 Å². The number of nitrogens with zero attached hydrogens (tertiary/aromatic N) is 3. The number of halogens is 2. The zero-order valence-electron chi connectivity index (χ0n) is 13.6. The highest BCUT2D eigenvalue weighted by Crippen LogP contribution is 2.30. The molecule has 2 aromatic heterocycles. The van der Waals surface area contributed by atoms with Gasteiger partial charge in [0, 0.05) is 26.3 Å². The molecule has 2 heterocycles. The molecule has 0 amide bonds. The molecule has 0 aliphatic rings. The minimum absolute atomic E-state index is 0.483. The second-order valence-electron chi connectivity index (χ2n) is 5.51. The van der Waals surface area contributed by atoms with Crippen LogP contribution in [-0.2, 0) is 13.2 Å². The molecule has 0 aliphatic carbocycles. The smallest absolute Gasteiger partial charge is 0.217 e. The molecule has 1 N–H and O–H groups in total. The molecule has 0 fully saturated rings. The SMILES string of the molecule is COc1ccc(Cl)cc1-c1nc(=S)n(CN(C)Cc2cc(Br)cs2)[nH]1. The summed E-state index contributed by atoms with van der Waals surface area (Å²) in [4.78, 5) is 7.88. The van der Waals surface area contributed by atoms with E-state index < -0.39 is 0 Å². The number of hydrogen-bond acceptors (Lipinski definition) is 5. The summed E-state index contributed by atoms with van der Waals surface area (Å²) in [6.07, 6.45) is 0. The summed E-state index contributed by atoms with van der Waals surface area (Å²) in [6.45, 7) is 1.43. The van der Waals surface area contributed by atoms with Crippen molar-refractivity contribution in [2.75, 3.05) is 14.2 Å². The topological polar surface area (TPSA) is 46.1 Å². The van der Waals surface area contributed by atoms with Gasteiger partial charge >= 0.3 is 0 Å². The van der Waals surface area contributed by atoms with Crippen LogP contribution < -0.4 is 4.74 Å². The van der Waals surface area contributed by atoms with Crippen LogP contribution in [0.2, 0.25) is 5.02 Å². The Hall–Kier alpha value is -1.19. The van der Waals surface area contributed by atoms with Gasteiger partial charge in [0.15, 0.2) is 5.82 Å². The van der Waals surface area contributed by atoms with Crippen LogP contribution in [0.1, 0.15) is 4.88 Å². The molecule has 0 spiro atoms. The molecule has 0 saturated carbocycles. The summed E-state index contributed by atoms with van der Waals surface area (Å²) < 4.78 is 8.81. The van der Waals surface area contributed by atoms with Gasteiger partial charge in [0.2, 0.25) is 4.77 Å². The Morgan fingerprint density at radius 1 is 1.44 bits per heavy atom. The molecule has 0 aliphatic heterocycles. The normalized spacial score (nSPS) is 11.2. The Bertz CT molecular complexity index is 936. The van der Waals surface area contributed by atoms with Gasteiger partial charge < -0.3 is 4.74 Å². The summed E-state index contributed by atoms with van der Waals surface area (Å²) in [6, 6.07) is 7.53. The van der Waals surface area contributed by atoms with Gasteiger partial charge in [-0.15, -0.1) is 11.3 Å². The van der Waals surface area contributed by atoms with Crippen LogP contribution in [-0.4, -0.2) is 33.8 Å². The van der Waals surface area contributed by atoms with Crippen molar-refractivity contribution in [2.45, 2.75) is 13.2 Å². The van der Waals surface area contributed by atoms with Gasteiger partial charge in [-0.05, 0) is 59.5 Å². The maximum absolute atomic E-state index is 6.11. The Kier molecular flexibility index (Phi) is 5.96. The summed E-state index contributed by atoms with van der Waals surface area (Å²) in [5, 5.41) is 5.93. The number of thiophene rings is 1. The number of methoxy groups -OCH3 is 1. The molecule has 0 radical (unpaired) electrons. The predicted molar refractivity (Wildman–Crippen MR) is 108 cm³/mol. The Balaban J connectivity index is 1.81. The van der Waals surface area contributed by atoms with Gasteiger partial charge in [-0.25, -0.2) is 4.68 Å². The van der Waals surface area contributed by atoms with Gasteiger partial charge in [-0.3, -0.25) is 10.00 Å². The first kappa shape index (κ1) is 18.6. The molecular formula is C16H16BrClN4OS2. The lowest BCUT2D eigenvalue weighted by Gasteiger charge is -2.15. The van der Waals surface area contributed by atoms with Gasteiger partial charge in [-0.1, -0.05) is 11.6 Å². The van der Waals surface area contributed by atoms with E-state index in [1.165, 1.54) is 4.88 Å². The van der Waals surface area contributed by atoms with Crippen LogP contribution in [0.4, 0.5) is 0 Å². The lowest BCUT2D eigenvalue weighted by atomic mass is 10.2. The van der Waals surface area contributed by atoms with Crippen molar-refractivity contribution in [1.82, 2.24) is 19.7 Å². The third-order valence-electron chi connectivity index (χ3n) is 3.53. The van der Waals surface area contributed by atoms with E-state index in [1.807, 2.05) is 23.9 Å². The first-order valence-electron chi connectivity index (χ1n) is 7.38. The summed E-state index contributed by atoms with van der Waals surface area (Å²) >= 11 is 16.7. The van der Waals surface area contributed by atoms with Crippen molar-refractivity contribution < 1.29 is 4.74 Å². The molecule has 0 bridgehead atoms. The molecule has 1 aromatic carbocycles. The van der Waals surface area contributed by atoms with E-state index in [4.69, 9.17) is 28.6 Å². The molecule has 0 atom stereocenters. The minimum Gasteiger partial charge on any atom is -0.496 e.